The Kier molecular flexibility index (Phi) is 11.1. The van der Waals surface area contributed by atoms with Gasteiger partial charge in [-0.25, -0.2) is 28.7 Å². The van der Waals surface area contributed by atoms with Gasteiger partial charge in [-0.2, -0.15) is 8.42 Å². The van der Waals surface area contributed by atoms with E-state index in [1.165, 1.54) is 10.4 Å². The smallest absolute Gasteiger partial charge is 0.413 e. The first-order chi connectivity index (χ1) is 26.0. The van der Waals surface area contributed by atoms with E-state index in [0.29, 0.717) is 11.1 Å². The van der Waals surface area contributed by atoms with Crippen LogP contribution in [0.4, 0.5) is 14.7 Å². The monoisotopic (exact) mass is 798 g/mol. The van der Waals surface area contributed by atoms with Crippen LogP contribution in [0.3, 0.4) is 0 Å². The lowest BCUT2D eigenvalue weighted by molar-refractivity contribution is -0.164. The van der Waals surface area contributed by atoms with Gasteiger partial charge >= 0.3 is 28.4 Å². The van der Waals surface area contributed by atoms with Crippen LogP contribution in [0.15, 0.2) is 71.2 Å². The quantitative estimate of drug-likeness (QED) is 0.0548. The van der Waals surface area contributed by atoms with Crippen molar-refractivity contribution in [3.8, 4) is 0 Å². The molecule has 292 valence electrons. The number of thiazole rings is 1. The number of oxime groups is 1. The predicted molar refractivity (Wildman–Crippen MR) is 195 cm³/mol. The third kappa shape index (κ3) is 9.36. The van der Waals surface area contributed by atoms with Crippen molar-refractivity contribution >= 4 is 62.4 Å². The number of nitrogens with zero attached hydrogens (tertiary/aromatic N) is 4. The molecule has 0 spiro atoms. The molecule has 3 aromatic rings. The van der Waals surface area contributed by atoms with Crippen molar-refractivity contribution in [2.75, 3.05) is 25.0 Å². The fourth-order valence-corrected chi connectivity index (χ4v) is 7.22. The highest BCUT2D eigenvalue weighted by Gasteiger charge is 2.57. The zero-order valence-electron chi connectivity index (χ0n) is 29.8. The molecule has 6 rings (SSSR count). The van der Waals surface area contributed by atoms with Gasteiger partial charge < -0.3 is 24.9 Å². The molecule has 0 radical (unpaired) electrons. The fraction of sp³-hybridized carbons (Fsp3) is 0.382. The molecule has 2 saturated heterocycles. The number of ether oxygens (including phenoxy) is 2. The Hall–Kier alpha value is -5.64. The number of β-lactam (4-membered cyclic amide) rings is 1. The minimum atomic E-state index is -5.06. The van der Waals surface area contributed by atoms with E-state index in [1.807, 2.05) is 60.7 Å². The van der Waals surface area contributed by atoms with Crippen LogP contribution >= 0.6 is 11.3 Å². The molecule has 1 aliphatic carbocycles. The van der Waals surface area contributed by atoms with E-state index in [0.717, 1.165) is 11.3 Å². The lowest BCUT2D eigenvalue weighted by atomic mass is 9.98. The van der Waals surface area contributed by atoms with Crippen LogP contribution in [-0.4, -0.2) is 106 Å². The van der Waals surface area contributed by atoms with Gasteiger partial charge in [0.05, 0.1) is 6.04 Å². The maximum absolute atomic E-state index is 14.0. The van der Waals surface area contributed by atoms with Gasteiger partial charge in [0.2, 0.25) is 5.60 Å². The average molecular weight is 799 g/mol. The average Bonchev–Trinajstić information content (AvgIpc) is 3.79. The number of amides is 5. The summed E-state index contributed by atoms with van der Waals surface area (Å²) in [5.74, 6) is -2.99. The topological polar surface area (TPSA) is 247 Å². The van der Waals surface area contributed by atoms with E-state index in [9.17, 15) is 36.9 Å². The minimum absolute atomic E-state index is 0.00320. The van der Waals surface area contributed by atoms with E-state index in [1.54, 1.807) is 20.8 Å². The van der Waals surface area contributed by atoms with Crippen molar-refractivity contribution in [1.29, 1.82) is 0 Å². The van der Waals surface area contributed by atoms with Gasteiger partial charge in [-0.3, -0.25) is 24.9 Å². The normalized spacial score (nSPS) is 19.7. The molecular formula is C34H38N8O11S2. The number of rotatable bonds is 13. The number of hydrogen-bond acceptors (Lipinski definition) is 14. The lowest BCUT2D eigenvalue weighted by Crippen LogP contribution is -2.75. The van der Waals surface area contributed by atoms with Crippen molar-refractivity contribution in [2.24, 2.45) is 5.16 Å². The zero-order valence-corrected chi connectivity index (χ0v) is 31.4. The number of hydrazine groups is 1. The van der Waals surface area contributed by atoms with E-state index in [4.69, 9.17) is 14.3 Å². The maximum Gasteiger partial charge on any atom is 0.413 e. The minimum Gasteiger partial charge on any atom is -0.450 e. The predicted octanol–water partition coefficient (Wildman–Crippen LogP) is 2.10. The van der Waals surface area contributed by atoms with Crippen LogP contribution in [0.5, 0.6) is 0 Å². The van der Waals surface area contributed by atoms with Gasteiger partial charge in [0.1, 0.15) is 17.3 Å². The molecule has 2 atom stereocenters. The highest BCUT2D eigenvalue weighted by atomic mass is 32.2. The Bertz CT molecular complexity index is 2050. The Morgan fingerprint density at radius 2 is 1.71 bits per heavy atom. The van der Waals surface area contributed by atoms with Crippen LogP contribution in [0.25, 0.3) is 0 Å². The van der Waals surface area contributed by atoms with Crippen molar-refractivity contribution in [2.45, 2.75) is 63.0 Å². The summed E-state index contributed by atoms with van der Waals surface area (Å²) in [5.41, 5.74) is 0.769. The van der Waals surface area contributed by atoms with Gasteiger partial charge in [0.25, 0.3) is 11.8 Å². The summed E-state index contributed by atoms with van der Waals surface area (Å²) in [5, 5.41) is 14.1. The number of urea groups is 1. The SMILES string of the molecule is CC(C)(C)OC(=O)Nc1nc(C(=NOC2(C(=O)OC(c3ccccc3)c3ccccc3)CC2)C(=O)N[C@@H]2C(=O)N(S(=O)(=O)O)[C@@H]2CN2CCNC(=O)N2)cs1. The summed E-state index contributed by atoms with van der Waals surface area (Å²) < 4.78 is 45.5. The summed E-state index contributed by atoms with van der Waals surface area (Å²) in [6, 6.07) is 14.7. The third-order valence-corrected chi connectivity index (χ3v) is 10.1. The lowest BCUT2D eigenvalue weighted by Gasteiger charge is -2.46. The summed E-state index contributed by atoms with van der Waals surface area (Å²) in [7, 11) is -5.06. The van der Waals surface area contributed by atoms with Gasteiger partial charge in [-0.15, -0.1) is 11.3 Å². The standard InChI is InChI=1S/C34H38N8O11S2/c1-33(2,3)52-32(47)38-31-36-22(19-54-31)24(27(43)37-25-23(42(28(25)44)55(48,49)50)18-41-17-16-35-30(46)39-41)40-53-34(14-15-34)29(45)51-26(20-10-6-4-7-11-20)21-12-8-5-9-13-21/h4-13,19,23,25-26H,14-18H2,1-3H3,(H,37,43)(H2,35,39,46)(H,36,38,47)(H,48,49,50)/t23-,25+/m1/s1. The number of carbonyl (C=O) groups is 5. The first-order valence-corrected chi connectivity index (χ1v) is 19.2. The first-order valence-electron chi connectivity index (χ1n) is 17.0. The number of benzene rings is 2. The van der Waals surface area contributed by atoms with Crippen molar-refractivity contribution in [3.63, 3.8) is 0 Å². The number of anilines is 1. The van der Waals surface area contributed by atoms with E-state index in [-0.39, 0.29) is 47.6 Å². The highest BCUT2D eigenvalue weighted by Crippen LogP contribution is 2.43. The maximum atomic E-state index is 14.0. The zero-order chi connectivity index (χ0) is 39.5. The molecule has 55 heavy (non-hydrogen) atoms. The molecule has 3 heterocycles. The number of carbonyl (C=O) groups excluding carboxylic acids is 5. The highest BCUT2D eigenvalue weighted by molar-refractivity contribution is 7.84. The molecule has 2 aromatic carbocycles. The summed E-state index contributed by atoms with van der Waals surface area (Å²) >= 11 is 0.904. The summed E-state index contributed by atoms with van der Waals surface area (Å²) in [6.45, 7) is 5.11. The fourth-order valence-electron chi connectivity index (χ4n) is 5.67. The Morgan fingerprint density at radius 1 is 1.07 bits per heavy atom. The number of esters is 1. The van der Waals surface area contributed by atoms with Crippen LogP contribution < -0.4 is 21.4 Å². The van der Waals surface area contributed by atoms with Crippen molar-refractivity contribution in [3.05, 3.63) is 82.9 Å². The summed E-state index contributed by atoms with van der Waals surface area (Å²) in [6.07, 6.45) is -1.25. The van der Waals surface area contributed by atoms with Crippen LogP contribution in [-0.2, 0) is 39.0 Å². The number of hydrogen-bond donors (Lipinski definition) is 5. The molecule has 0 bridgehead atoms. The molecule has 1 aromatic heterocycles. The number of nitrogens with one attached hydrogen (secondary N) is 4. The molecule has 3 fully saturated rings. The van der Waals surface area contributed by atoms with E-state index >= 15 is 0 Å². The Balaban J connectivity index is 1.26. The molecule has 3 aliphatic rings. The van der Waals surface area contributed by atoms with Crippen LogP contribution in [0.2, 0.25) is 0 Å². The van der Waals surface area contributed by atoms with Crippen LogP contribution in [0.1, 0.15) is 56.5 Å². The molecule has 21 heteroatoms. The van der Waals surface area contributed by atoms with Crippen LogP contribution in [0, 0.1) is 0 Å². The second-order valence-electron chi connectivity index (χ2n) is 13.7. The second kappa shape index (κ2) is 15.6. The third-order valence-electron chi connectivity index (χ3n) is 8.43. The van der Waals surface area contributed by atoms with Gasteiger partial charge in [0, 0.05) is 37.9 Å². The second-order valence-corrected chi connectivity index (χ2v) is 15.9. The van der Waals surface area contributed by atoms with E-state index < -0.39 is 75.3 Å². The molecule has 5 N–H and O–H groups in total. The molecule has 19 nitrogen and oxygen atoms in total. The van der Waals surface area contributed by atoms with Crippen molar-refractivity contribution < 1.29 is 51.3 Å². The molecular weight excluding hydrogens is 761 g/mol. The molecule has 5 amide bonds. The summed E-state index contributed by atoms with van der Waals surface area (Å²) in [4.78, 5) is 75.1. The van der Waals surface area contributed by atoms with Gasteiger partial charge in [-0.1, -0.05) is 65.8 Å². The molecule has 2 aliphatic heterocycles. The Morgan fingerprint density at radius 3 is 2.27 bits per heavy atom. The van der Waals surface area contributed by atoms with Gasteiger partial charge in [0.15, 0.2) is 16.9 Å². The van der Waals surface area contributed by atoms with Gasteiger partial charge in [-0.05, 0) is 31.9 Å². The molecule has 0 unspecified atom stereocenters. The number of aromatic nitrogens is 1. The van der Waals surface area contributed by atoms with E-state index in [2.05, 4.69) is 31.5 Å². The largest absolute Gasteiger partial charge is 0.450 e. The molecule has 1 saturated carbocycles. The first kappa shape index (κ1) is 39.1. The van der Waals surface area contributed by atoms with Crippen molar-refractivity contribution in [1.82, 2.24) is 30.4 Å². The Labute approximate surface area is 319 Å².